The lowest BCUT2D eigenvalue weighted by atomic mass is 9.70. The van der Waals surface area contributed by atoms with Gasteiger partial charge in [-0.15, -0.1) is 0 Å². The van der Waals surface area contributed by atoms with E-state index in [0.29, 0.717) is 17.7 Å². The molecule has 13 aromatic rings. The zero-order valence-corrected chi connectivity index (χ0v) is 37.9. The van der Waals surface area contributed by atoms with Crippen LogP contribution in [-0.4, -0.2) is 28.7 Å². The molecule has 326 valence electrons. The Bertz CT molecular complexity index is 4330. The molecule has 0 amide bonds. The van der Waals surface area contributed by atoms with Gasteiger partial charge in [-0.3, -0.25) is 9.13 Å². The molecule has 70 heavy (non-hydrogen) atoms. The topological polar surface area (TPSA) is 53.5 Å². The van der Waals surface area contributed by atoms with Crippen molar-refractivity contribution < 1.29 is 0 Å². The van der Waals surface area contributed by atoms with Gasteiger partial charge < -0.3 is 4.57 Å². The maximum atomic E-state index is 5.56. The highest BCUT2D eigenvalue weighted by molar-refractivity contribution is 6.10. The van der Waals surface area contributed by atoms with E-state index in [1.54, 1.807) is 0 Å². The molecule has 6 nitrogen and oxygen atoms in total. The second-order valence-electron chi connectivity index (χ2n) is 19.0. The van der Waals surface area contributed by atoms with E-state index in [9.17, 15) is 0 Å². The zero-order valence-electron chi connectivity index (χ0n) is 37.9. The largest absolute Gasteiger partial charge is 0.309 e. The first-order valence-electron chi connectivity index (χ1n) is 24.3. The van der Waals surface area contributed by atoms with Gasteiger partial charge in [0.05, 0.1) is 33.0 Å². The Morgan fingerprint density at radius 3 is 1.43 bits per heavy atom. The first kappa shape index (κ1) is 37.9. The van der Waals surface area contributed by atoms with Crippen molar-refractivity contribution in [3.8, 4) is 51.2 Å². The molecule has 6 heteroatoms. The molecule has 9 aromatic carbocycles. The van der Waals surface area contributed by atoms with Crippen molar-refractivity contribution in [1.29, 1.82) is 0 Å². The van der Waals surface area contributed by atoms with Crippen LogP contribution in [0.2, 0.25) is 0 Å². The highest BCUT2D eigenvalue weighted by Crippen LogP contribution is 2.63. The average molecular weight is 893 g/mol. The Hall–Kier alpha value is -9.13. The monoisotopic (exact) mass is 892 g/mol. The SMILES string of the molecule is C1=Cc2c(n(-c3nc(-c4ccc5c(c4)C4(c6ccccc6-5)c5ccccc5-c5ccc(-n6c7ccccc7c7ccccc76)cc54)nc(-n4c5ccccc5c5ccccc54)n3)c3ccccc23)CC1. The number of nitrogens with zero attached hydrogens (tertiary/aromatic N) is 6. The summed E-state index contributed by atoms with van der Waals surface area (Å²) in [6.07, 6.45) is 6.40. The highest BCUT2D eigenvalue weighted by atomic mass is 15.3. The van der Waals surface area contributed by atoms with Crippen LogP contribution >= 0.6 is 0 Å². The smallest absolute Gasteiger partial charge is 0.240 e. The average Bonchev–Trinajstić information content (AvgIpc) is 4.20. The molecule has 0 bridgehead atoms. The number of fused-ring (bicyclic) bond motifs is 19. The molecular formula is C64H40N6. The normalized spacial score (nSPS) is 15.3. The van der Waals surface area contributed by atoms with Crippen molar-refractivity contribution in [2.45, 2.75) is 18.3 Å². The zero-order chi connectivity index (χ0) is 45.7. The molecule has 1 spiro atoms. The maximum Gasteiger partial charge on any atom is 0.240 e. The Kier molecular flexibility index (Phi) is 7.56. The fraction of sp³-hybridized carbons (Fsp3) is 0.0469. The minimum absolute atomic E-state index is 0.584. The van der Waals surface area contributed by atoms with E-state index in [-0.39, 0.29) is 0 Å². The number of benzene rings is 9. The van der Waals surface area contributed by atoms with E-state index in [0.717, 1.165) is 51.4 Å². The lowest BCUT2D eigenvalue weighted by Crippen LogP contribution is -2.26. The molecule has 0 N–H and O–H groups in total. The number of hydrogen-bond acceptors (Lipinski definition) is 3. The molecule has 16 rings (SSSR count). The summed E-state index contributed by atoms with van der Waals surface area (Å²) in [5.74, 6) is 1.82. The van der Waals surface area contributed by atoms with Gasteiger partial charge in [0.2, 0.25) is 11.9 Å². The third kappa shape index (κ3) is 4.89. The summed E-state index contributed by atoms with van der Waals surface area (Å²) in [4.78, 5) is 16.6. The molecule has 0 radical (unpaired) electrons. The summed E-state index contributed by atoms with van der Waals surface area (Å²) < 4.78 is 6.96. The predicted molar refractivity (Wildman–Crippen MR) is 284 cm³/mol. The third-order valence-electron chi connectivity index (χ3n) is 15.6. The number of allylic oxidation sites excluding steroid dienone is 1. The predicted octanol–water partition coefficient (Wildman–Crippen LogP) is 15.0. The number of rotatable bonds is 4. The highest BCUT2D eigenvalue weighted by Gasteiger charge is 2.52. The van der Waals surface area contributed by atoms with Crippen LogP contribution < -0.4 is 0 Å². The molecule has 0 saturated heterocycles. The lowest BCUT2D eigenvalue weighted by molar-refractivity contribution is 0.792. The Morgan fingerprint density at radius 2 is 0.829 bits per heavy atom. The minimum Gasteiger partial charge on any atom is -0.309 e. The van der Waals surface area contributed by atoms with Crippen LogP contribution in [0.25, 0.3) is 112 Å². The first-order chi connectivity index (χ1) is 34.7. The Balaban J connectivity index is 0.980. The summed E-state index contributed by atoms with van der Waals surface area (Å²) in [5, 5.41) is 6.02. The molecular weight excluding hydrogens is 853 g/mol. The van der Waals surface area contributed by atoms with E-state index in [4.69, 9.17) is 15.0 Å². The molecule has 0 fully saturated rings. The summed E-state index contributed by atoms with van der Waals surface area (Å²) in [6.45, 7) is 0. The molecule has 4 heterocycles. The van der Waals surface area contributed by atoms with Gasteiger partial charge in [-0.2, -0.15) is 15.0 Å². The summed E-state index contributed by atoms with van der Waals surface area (Å²) >= 11 is 0. The van der Waals surface area contributed by atoms with Crippen LogP contribution in [0.3, 0.4) is 0 Å². The van der Waals surface area contributed by atoms with Crippen molar-refractivity contribution in [2.24, 2.45) is 0 Å². The quantitative estimate of drug-likeness (QED) is 0.177. The second-order valence-corrected chi connectivity index (χ2v) is 19.0. The van der Waals surface area contributed by atoms with Gasteiger partial charge in [-0.05, 0) is 106 Å². The Labute approximate surface area is 402 Å². The number of hydrogen-bond donors (Lipinski definition) is 0. The molecule has 1 atom stereocenters. The summed E-state index contributed by atoms with van der Waals surface area (Å²) in [5.41, 5.74) is 19.5. The van der Waals surface area contributed by atoms with Gasteiger partial charge in [-0.25, -0.2) is 0 Å². The molecule has 0 saturated carbocycles. The van der Waals surface area contributed by atoms with Crippen molar-refractivity contribution >= 4 is 60.6 Å². The fourth-order valence-electron chi connectivity index (χ4n) is 12.8. The summed E-state index contributed by atoms with van der Waals surface area (Å²) in [7, 11) is 0. The van der Waals surface area contributed by atoms with Gasteiger partial charge >= 0.3 is 0 Å². The van der Waals surface area contributed by atoms with E-state index < -0.39 is 5.41 Å². The number of aromatic nitrogens is 6. The van der Waals surface area contributed by atoms with Crippen molar-refractivity contribution in [2.75, 3.05) is 0 Å². The van der Waals surface area contributed by atoms with Gasteiger partial charge in [0.1, 0.15) is 0 Å². The van der Waals surface area contributed by atoms with E-state index in [2.05, 4.69) is 232 Å². The van der Waals surface area contributed by atoms with Gasteiger partial charge in [0, 0.05) is 49.4 Å². The van der Waals surface area contributed by atoms with Gasteiger partial charge in [0.15, 0.2) is 5.82 Å². The van der Waals surface area contributed by atoms with Crippen LogP contribution in [0.1, 0.15) is 39.9 Å². The van der Waals surface area contributed by atoms with E-state index in [1.807, 2.05) is 0 Å². The number of para-hydroxylation sites is 5. The molecule has 4 aromatic heterocycles. The maximum absolute atomic E-state index is 5.56. The Morgan fingerprint density at radius 1 is 0.371 bits per heavy atom. The standard InChI is InChI=1S/C64H40N6/c1-9-25-51-41(17-1)43-35-33-39(37-53(43)64(51)52-26-10-2-18-42(52)44-36-34-40(38-54(44)64)68-55-27-11-3-19-45(55)46-20-4-12-28-56(46)68)61-65-62(69-57-29-13-5-21-47(57)48-22-6-14-30-58(48)69)67-63(66-61)70-59-31-15-7-23-49(59)50-24-8-16-32-60(50)70/h1-15,17-31,33-38H,16,32H2. The lowest BCUT2D eigenvalue weighted by Gasteiger charge is -2.31. The molecule has 0 aliphatic heterocycles. The van der Waals surface area contributed by atoms with Crippen LogP contribution in [0, 0.1) is 0 Å². The van der Waals surface area contributed by atoms with Gasteiger partial charge in [-0.1, -0.05) is 170 Å². The third-order valence-corrected chi connectivity index (χ3v) is 15.6. The minimum atomic E-state index is -0.615. The van der Waals surface area contributed by atoms with Crippen LogP contribution in [-0.2, 0) is 11.8 Å². The van der Waals surface area contributed by atoms with E-state index >= 15 is 0 Å². The van der Waals surface area contributed by atoms with Crippen molar-refractivity contribution in [3.05, 3.63) is 246 Å². The van der Waals surface area contributed by atoms with E-state index in [1.165, 1.54) is 83.0 Å². The molecule has 1 unspecified atom stereocenters. The molecule has 3 aliphatic rings. The van der Waals surface area contributed by atoms with Crippen LogP contribution in [0.5, 0.6) is 0 Å². The van der Waals surface area contributed by atoms with Gasteiger partial charge in [0.25, 0.3) is 0 Å². The summed E-state index contributed by atoms with van der Waals surface area (Å²) in [6, 6.07) is 75.6. The van der Waals surface area contributed by atoms with Crippen LogP contribution in [0.15, 0.2) is 212 Å². The molecule has 3 aliphatic carbocycles. The van der Waals surface area contributed by atoms with Crippen LogP contribution in [0.4, 0.5) is 0 Å². The fourth-order valence-corrected chi connectivity index (χ4v) is 12.8. The van der Waals surface area contributed by atoms with Crippen molar-refractivity contribution in [1.82, 2.24) is 28.7 Å². The second kappa shape index (κ2) is 14.0. The first-order valence-corrected chi connectivity index (χ1v) is 24.3. The van der Waals surface area contributed by atoms with Crippen molar-refractivity contribution in [3.63, 3.8) is 0 Å².